The Balaban J connectivity index is 2.15. The molecule has 0 aliphatic rings. The van der Waals surface area contributed by atoms with Gasteiger partial charge in [-0.1, -0.05) is 12.1 Å². The fraction of sp³-hybridized carbons (Fsp3) is 0.143. The Morgan fingerprint density at radius 1 is 1.05 bits per heavy atom. The second-order valence-electron chi connectivity index (χ2n) is 4.56. The molecular weight excluding hydrogens is 263 g/mol. The van der Waals surface area contributed by atoms with Gasteiger partial charge in [-0.3, -0.25) is 0 Å². The van der Waals surface area contributed by atoms with Crippen molar-refractivity contribution in [2.45, 2.75) is 6.54 Å². The first-order valence-corrected chi connectivity index (χ1v) is 6.08. The van der Waals surface area contributed by atoms with Gasteiger partial charge in [0.15, 0.2) is 0 Å². The van der Waals surface area contributed by atoms with Crippen LogP contribution in [0.1, 0.15) is 5.56 Å². The van der Waals surface area contributed by atoms with Gasteiger partial charge in [-0.25, -0.2) is 8.78 Å². The number of hydrogen-bond acceptors (Lipinski definition) is 3. The third kappa shape index (κ3) is 3.34. The molecule has 104 valence electrons. The number of halogens is 2. The van der Waals surface area contributed by atoms with Crippen LogP contribution in [0.15, 0.2) is 42.5 Å². The highest BCUT2D eigenvalue weighted by Gasteiger charge is 2.14. The third-order valence-electron chi connectivity index (χ3n) is 3.05. The Hall–Kier alpha value is -1.92. The monoisotopic (exact) mass is 277 g/mol. The van der Waals surface area contributed by atoms with E-state index in [9.17, 15) is 8.78 Å². The molecule has 6 heteroatoms. The van der Waals surface area contributed by atoms with Crippen LogP contribution in [0.25, 0.3) is 0 Å². The van der Waals surface area contributed by atoms with Crippen molar-refractivity contribution in [1.29, 1.82) is 0 Å². The Kier molecular flexibility index (Phi) is 4.37. The quantitative estimate of drug-likeness (QED) is 0.827. The molecule has 0 spiro atoms. The molecule has 2 N–H and O–H groups in total. The summed E-state index contributed by atoms with van der Waals surface area (Å²) in [6, 6.07) is 9.96. The standard InChI is InChI=1S/C14H14BF2NO2/c1-18(13-6-4-12(16)5-7-13)9-10-2-3-11(15(19)20)8-14(10)17/h2-8,19-20H,9H2,1H3. The SMILES string of the molecule is CN(Cc1ccc(B(O)O)cc1F)c1ccc(F)cc1. The van der Waals surface area contributed by atoms with Crippen molar-refractivity contribution in [3.63, 3.8) is 0 Å². The molecule has 0 saturated heterocycles. The topological polar surface area (TPSA) is 43.7 Å². The highest BCUT2D eigenvalue weighted by Crippen LogP contribution is 2.17. The normalized spacial score (nSPS) is 10.4. The van der Waals surface area contributed by atoms with E-state index >= 15 is 0 Å². The molecule has 0 radical (unpaired) electrons. The Morgan fingerprint density at radius 3 is 2.25 bits per heavy atom. The lowest BCUT2D eigenvalue weighted by atomic mass is 9.80. The van der Waals surface area contributed by atoms with Gasteiger partial charge in [0.2, 0.25) is 0 Å². The fourth-order valence-electron chi connectivity index (χ4n) is 1.89. The van der Waals surface area contributed by atoms with E-state index in [0.29, 0.717) is 12.1 Å². The molecule has 0 heterocycles. The highest BCUT2D eigenvalue weighted by molar-refractivity contribution is 6.58. The van der Waals surface area contributed by atoms with E-state index in [-0.39, 0.29) is 11.3 Å². The van der Waals surface area contributed by atoms with Crippen molar-refractivity contribution in [2.75, 3.05) is 11.9 Å². The van der Waals surface area contributed by atoms with Crippen LogP contribution in [0.2, 0.25) is 0 Å². The summed E-state index contributed by atoms with van der Waals surface area (Å²) in [5.41, 5.74) is 1.29. The predicted molar refractivity (Wildman–Crippen MR) is 74.7 cm³/mol. The third-order valence-corrected chi connectivity index (χ3v) is 3.05. The van der Waals surface area contributed by atoms with Gasteiger partial charge in [0, 0.05) is 24.8 Å². The summed E-state index contributed by atoms with van der Waals surface area (Å²) < 4.78 is 26.7. The van der Waals surface area contributed by atoms with E-state index in [1.807, 2.05) is 0 Å². The Bertz CT molecular complexity index is 590. The van der Waals surface area contributed by atoms with Crippen molar-refractivity contribution in [2.24, 2.45) is 0 Å². The minimum Gasteiger partial charge on any atom is -0.423 e. The van der Waals surface area contributed by atoms with Crippen molar-refractivity contribution in [3.8, 4) is 0 Å². The van der Waals surface area contributed by atoms with E-state index in [2.05, 4.69) is 0 Å². The molecule has 20 heavy (non-hydrogen) atoms. The average Bonchev–Trinajstić information content (AvgIpc) is 2.41. The van der Waals surface area contributed by atoms with Gasteiger partial charge in [0.25, 0.3) is 0 Å². The molecule has 0 amide bonds. The largest absolute Gasteiger partial charge is 0.488 e. The summed E-state index contributed by atoms with van der Waals surface area (Å²) in [6.45, 7) is 0.291. The van der Waals surface area contributed by atoms with Crippen molar-refractivity contribution in [3.05, 3.63) is 59.7 Å². The maximum Gasteiger partial charge on any atom is 0.488 e. The molecule has 0 unspecified atom stereocenters. The zero-order chi connectivity index (χ0) is 14.7. The second-order valence-corrected chi connectivity index (χ2v) is 4.56. The van der Waals surface area contributed by atoms with Gasteiger partial charge < -0.3 is 14.9 Å². The zero-order valence-electron chi connectivity index (χ0n) is 10.9. The van der Waals surface area contributed by atoms with Crippen LogP contribution in [-0.4, -0.2) is 24.2 Å². The molecule has 0 aromatic heterocycles. The number of nitrogens with zero attached hydrogens (tertiary/aromatic N) is 1. The number of hydrogen-bond donors (Lipinski definition) is 2. The molecule has 2 rings (SSSR count). The first kappa shape index (κ1) is 14.5. The van der Waals surface area contributed by atoms with Crippen LogP contribution in [-0.2, 0) is 6.54 Å². The van der Waals surface area contributed by atoms with Crippen LogP contribution in [0.3, 0.4) is 0 Å². The molecule has 0 aliphatic heterocycles. The number of rotatable bonds is 4. The lowest BCUT2D eigenvalue weighted by molar-refractivity contribution is 0.425. The first-order valence-electron chi connectivity index (χ1n) is 6.08. The van der Waals surface area contributed by atoms with Gasteiger partial charge in [0.05, 0.1) is 0 Å². The van der Waals surface area contributed by atoms with Crippen molar-refractivity contribution >= 4 is 18.3 Å². The van der Waals surface area contributed by atoms with Crippen molar-refractivity contribution < 1.29 is 18.8 Å². The van der Waals surface area contributed by atoms with Gasteiger partial charge in [0.1, 0.15) is 11.6 Å². The maximum absolute atomic E-state index is 13.8. The summed E-state index contributed by atoms with van der Waals surface area (Å²) in [4.78, 5) is 1.77. The van der Waals surface area contributed by atoms with Crippen LogP contribution in [0.4, 0.5) is 14.5 Å². The summed E-state index contributed by atoms with van der Waals surface area (Å²) >= 11 is 0. The van der Waals surface area contributed by atoms with Gasteiger partial charge in [-0.05, 0) is 35.8 Å². The van der Waals surface area contributed by atoms with E-state index in [0.717, 1.165) is 11.8 Å². The van der Waals surface area contributed by atoms with Gasteiger partial charge in [-0.15, -0.1) is 0 Å². The fourth-order valence-corrected chi connectivity index (χ4v) is 1.89. The van der Waals surface area contributed by atoms with Gasteiger partial charge >= 0.3 is 7.12 Å². The minimum absolute atomic E-state index is 0.107. The molecule has 0 saturated carbocycles. The van der Waals surface area contributed by atoms with E-state index in [1.54, 1.807) is 24.1 Å². The predicted octanol–water partition coefficient (Wildman–Crippen LogP) is 1.28. The van der Waals surface area contributed by atoms with Crippen LogP contribution in [0.5, 0.6) is 0 Å². The van der Waals surface area contributed by atoms with Crippen LogP contribution >= 0.6 is 0 Å². The zero-order valence-corrected chi connectivity index (χ0v) is 10.9. The van der Waals surface area contributed by atoms with Crippen LogP contribution < -0.4 is 10.4 Å². The summed E-state index contributed by atoms with van der Waals surface area (Å²) in [5.74, 6) is -0.834. The highest BCUT2D eigenvalue weighted by atomic mass is 19.1. The van der Waals surface area contributed by atoms with E-state index in [4.69, 9.17) is 10.0 Å². The first-order chi connectivity index (χ1) is 9.47. The second kappa shape index (κ2) is 6.03. The molecule has 0 bridgehead atoms. The van der Waals surface area contributed by atoms with Gasteiger partial charge in [-0.2, -0.15) is 0 Å². The van der Waals surface area contributed by atoms with E-state index < -0.39 is 12.9 Å². The molecular formula is C14H14BF2NO2. The lowest BCUT2D eigenvalue weighted by Crippen LogP contribution is -2.30. The number of anilines is 1. The maximum atomic E-state index is 13.8. The average molecular weight is 277 g/mol. The summed E-state index contributed by atoms with van der Waals surface area (Å²) in [5, 5.41) is 17.9. The molecule has 0 atom stereocenters. The Morgan fingerprint density at radius 2 is 1.70 bits per heavy atom. The summed E-state index contributed by atoms with van der Waals surface area (Å²) in [7, 11) is 0.0787. The lowest BCUT2D eigenvalue weighted by Gasteiger charge is -2.20. The molecule has 3 nitrogen and oxygen atoms in total. The smallest absolute Gasteiger partial charge is 0.423 e. The van der Waals surface area contributed by atoms with Crippen molar-refractivity contribution in [1.82, 2.24) is 0 Å². The molecule has 2 aromatic carbocycles. The molecule has 0 aliphatic carbocycles. The number of benzene rings is 2. The van der Waals surface area contributed by atoms with Crippen LogP contribution in [0, 0.1) is 11.6 Å². The minimum atomic E-state index is -1.69. The Labute approximate surface area is 116 Å². The molecule has 2 aromatic rings. The molecule has 0 fully saturated rings. The summed E-state index contributed by atoms with van der Waals surface area (Å²) in [6.07, 6.45) is 0. The van der Waals surface area contributed by atoms with E-state index in [1.165, 1.54) is 24.3 Å².